The molecule has 0 unspecified atom stereocenters. The van der Waals surface area contributed by atoms with Gasteiger partial charge in [0, 0.05) is 12.5 Å². The molecule has 0 bridgehead atoms. The first kappa shape index (κ1) is 15.0. The monoisotopic (exact) mass is 301 g/mol. The number of carboxylic acid groups (broad SMARTS) is 1. The van der Waals surface area contributed by atoms with Gasteiger partial charge in [-0.2, -0.15) is 0 Å². The summed E-state index contributed by atoms with van der Waals surface area (Å²) < 4.78 is 0. The van der Waals surface area contributed by atoms with Crippen LogP contribution >= 0.6 is 0 Å². The number of rotatable bonds is 5. The first-order chi connectivity index (χ1) is 10.6. The van der Waals surface area contributed by atoms with Gasteiger partial charge in [0.1, 0.15) is 5.82 Å². The molecule has 2 N–H and O–H groups in total. The van der Waals surface area contributed by atoms with Crippen molar-refractivity contribution in [1.82, 2.24) is 14.9 Å². The van der Waals surface area contributed by atoms with Gasteiger partial charge < -0.3 is 15.0 Å². The number of hydrogen-bond donors (Lipinski definition) is 2. The van der Waals surface area contributed by atoms with Crippen LogP contribution in [0.3, 0.4) is 0 Å². The molecular formula is C17H23N3O2. The fraction of sp³-hybridized carbons (Fsp3) is 0.529. The number of aryl methyl sites for hydroxylation is 1. The highest BCUT2D eigenvalue weighted by Gasteiger charge is 2.17. The number of nitrogens with one attached hydrogen (secondary N) is 1. The van der Waals surface area contributed by atoms with Crippen LogP contribution in [-0.4, -0.2) is 45.1 Å². The lowest BCUT2D eigenvalue weighted by Crippen LogP contribution is -2.38. The number of aromatic amines is 1. The molecule has 2 aromatic rings. The first-order valence-corrected chi connectivity index (χ1v) is 8.09. The maximum absolute atomic E-state index is 11.0. The van der Waals surface area contributed by atoms with E-state index >= 15 is 0 Å². The summed E-state index contributed by atoms with van der Waals surface area (Å²) in [6.07, 6.45) is 5.96. The van der Waals surface area contributed by atoms with Crippen molar-refractivity contribution in [3.8, 4) is 0 Å². The summed E-state index contributed by atoms with van der Waals surface area (Å²) in [5.74, 6) is 0.0411. The number of aromatic carboxylic acids is 1. The topological polar surface area (TPSA) is 69.2 Å². The fourth-order valence-electron chi connectivity index (χ4n) is 3.25. The normalized spacial score (nSPS) is 19.6. The van der Waals surface area contributed by atoms with Gasteiger partial charge in [-0.3, -0.25) is 0 Å². The summed E-state index contributed by atoms with van der Waals surface area (Å²) in [6.45, 7) is 4.63. The van der Waals surface area contributed by atoms with Gasteiger partial charge in [-0.25, -0.2) is 9.78 Å². The van der Waals surface area contributed by atoms with E-state index in [0.717, 1.165) is 36.2 Å². The minimum Gasteiger partial charge on any atom is -0.478 e. The minimum absolute atomic E-state index is 0.296. The number of imidazole rings is 1. The van der Waals surface area contributed by atoms with Gasteiger partial charge in [0.05, 0.1) is 16.6 Å². The van der Waals surface area contributed by atoms with Crippen LogP contribution in [0.4, 0.5) is 0 Å². The van der Waals surface area contributed by atoms with E-state index in [4.69, 9.17) is 5.11 Å². The lowest BCUT2D eigenvalue weighted by atomic mass is 10.0. The van der Waals surface area contributed by atoms with Gasteiger partial charge in [-0.15, -0.1) is 0 Å². The third kappa shape index (κ3) is 3.30. The van der Waals surface area contributed by atoms with E-state index < -0.39 is 5.97 Å². The zero-order valence-electron chi connectivity index (χ0n) is 13.0. The molecule has 0 spiro atoms. The van der Waals surface area contributed by atoms with Crippen molar-refractivity contribution in [2.75, 3.05) is 13.1 Å². The highest BCUT2D eigenvalue weighted by atomic mass is 16.4. The number of likely N-dealkylation sites (tertiary alicyclic amines) is 1. The van der Waals surface area contributed by atoms with Crippen LogP contribution in [-0.2, 0) is 6.42 Å². The second-order valence-electron chi connectivity index (χ2n) is 6.20. The summed E-state index contributed by atoms with van der Waals surface area (Å²) in [5, 5.41) is 9.02. The van der Waals surface area contributed by atoms with Crippen LogP contribution < -0.4 is 0 Å². The van der Waals surface area contributed by atoms with Crippen molar-refractivity contribution < 1.29 is 9.90 Å². The molecule has 0 saturated carbocycles. The fourth-order valence-corrected chi connectivity index (χ4v) is 3.25. The van der Waals surface area contributed by atoms with Crippen LogP contribution in [0, 0.1) is 0 Å². The van der Waals surface area contributed by atoms with E-state index in [-0.39, 0.29) is 0 Å². The summed E-state index contributed by atoms with van der Waals surface area (Å²) >= 11 is 0. The summed E-state index contributed by atoms with van der Waals surface area (Å²) in [7, 11) is 0. The Morgan fingerprint density at radius 2 is 2.32 bits per heavy atom. The van der Waals surface area contributed by atoms with Gasteiger partial charge >= 0.3 is 5.97 Å². The highest BCUT2D eigenvalue weighted by molar-refractivity contribution is 5.92. The quantitative estimate of drug-likeness (QED) is 0.890. The number of piperidine rings is 1. The molecular weight excluding hydrogens is 278 g/mol. The second kappa shape index (κ2) is 6.48. The Balaban J connectivity index is 1.60. The maximum Gasteiger partial charge on any atom is 0.335 e. The Morgan fingerprint density at radius 1 is 1.45 bits per heavy atom. The van der Waals surface area contributed by atoms with Gasteiger partial charge in [0.25, 0.3) is 0 Å². The molecule has 1 aliphatic rings. The Hall–Kier alpha value is -1.88. The van der Waals surface area contributed by atoms with Crippen molar-refractivity contribution in [3.05, 3.63) is 29.6 Å². The van der Waals surface area contributed by atoms with E-state index in [1.807, 2.05) is 0 Å². The van der Waals surface area contributed by atoms with Crippen LogP contribution in [0.5, 0.6) is 0 Å². The molecule has 1 saturated heterocycles. The average Bonchev–Trinajstić information content (AvgIpc) is 2.90. The van der Waals surface area contributed by atoms with Crippen molar-refractivity contribution in [2.45, 2.75) is 45.1 Å². The van der Waals surface area contributed by atoms with Gasteiger partial charge in [-0.1, -0.05) is 6.42 Å². The molecule has 22 heavy (non-hydrogen) atoms. The highest BCUT2D eigenvalue weighted by Crippen LogP contribution is 2.18. The zero-order chi connectivity index (χ0) is 15.5. The number of carbonyl (C=O) groups is 1. The number of H-pyrrole nitrogens is 1. The molecule has 1 aromatic heterocycles. The van der Waals surface area contributed by atoms with E-state index in [2.05, 4.69) is 21.8 Å². The molecule has 0 amide bonds. The first-order valence-electron chi connectivity index (χ1n) is 8.09. The number of nitrogens with zero attached hydrogens (tertiary/aromatic N) is 2. The molecule has 0 aliphatic carbocycles. The Labute approximate surface area is 130 Å². The Bertz CT molecular complexity index is 665. The standard InChI is InChI=1S/C17H23N3O2/c1-12-5-2-3-9-20(12)10-4-6-16-18-14-8-7-13(17(21)22)11-15(14)19-16/h7-8,11-12H,2-6,9-10H2,1H3,(H,18,19)(H,21,22)/t12-/m1/s1. The third-order valence-corrected chi connectivity index (χ3v) is 4.58. The third-order valence-electron chi connectivity index (χ3n) is 4.58. The van der Waals surface area contributed by atoms with Crippen LogP contribution in [0.15, 0.2) is 18.2 Å². The number of fused-ring (bicyclic) bond motifs is 1. The van der Waals surface area contributed by atoms with Crippen LogP contribution in [0.25, 0.3) is 11.0 Å². The molecule has 2 heterocycles. The summed E-state index contributed by atoms with van der Waals surface area (Å²) in [4.78, 5) is 21.3. The van der Waals surface area contributed by atoms with Gasteiger partial charge in [0.15, 0.2) is 0 Å². The molecule has 1 atom stereocenters. The molecule has 3 rings (SSSR count). The summed E-state index contributed by atoms with van der Waals surface area (Å²) in [5.41, 5.74) is 1.94. The second-order valence-corrected chi connectivity index (χ2v) is 6.20. The zero-order valence-corrected chi connectivity index (χ0v) is 13.0. The Morgan fingerprint density at radius 3 is 3.09 bits per heavy atom. The molecule has 5 nitrogen and oxygen atoms in total. The summed E-state index contributed by atoms with van der Waals surface area (Å²) in [6, 6.07) is 5.72. The minimum atomic E-state index is -0.905. The van der Waals surface area contributed by atoms with Crippen molar-refractivity contribution in [1.29, 1.82) is 0 Å². The van der Waals surface area contributed by atoms with Crippen molar-refractivity contribution >= 4 is 17.0 Å². The molecule has 1 aliphatic heterocycles. The molecule has 118 valence electrons. The maximum atomic E-state index is 11.0. The SMILES string of the molecule is C[C@@H]1CCCCN1CCCc1nc2ccc(C(=O)O)cc2[nH]1. The number of aromatic nitrogens is 2. The molecule has 1 fully saturated rings. The lowest BCUT2D eigenvalue weighted by Gasteiger charge is -2.33. The van der Waals surface area contributed by atoms with Crippen molar-refractivity contribution in [3.63, 3.8) is 0 Å². The van der Waals surface area contributed by atoms with Crippen LogP contribution in [0.1, 0.15) is 48.8 Å². The number of benzene rings is 1. The lowest BCUT2D eigenvalue weighted by molar-refractivity contribution is 0.0697. The predicted molar refractivity (Wildman–Crippen MR) is 86.3 cm³/mol. The molecule has 1 aromatic carbocycles. The van der Waals surface area contributed by atoms with Gasteiger partial charge in [0.2, 0.25) is 0 Å². The average molecular weight is 301 g/mol. The van der Waals surface area contributed by atoms with Crippen molar-refractivity contribution in [2.24, 2.45) is 0 Å². The smallest absolute Gasteiger partial charge is 0.335 e. The number of hydrogen-bond acceptors (Lipinski definition) is 3. The Kier molecular flexibility index (Phi) is 4.43. The van der Waals surface area contributed by atoms with Gasteiger partial charge in [-0.05, 0) is 57.5 Å². The largest absolute Gasteiger partial charge is 0.478 e. The molecule has 0 radical (unpaired) electrons. The number of carboxylic acids is 1. The van der Waals surface area contributed by atoms with E-state index in [9.17, 15) is 4.79 Å². The molecule has 5 heteroatoms. The predicted octanol–water partition coefficient (Wildman–Crippen LogP) is 3.07. The van der Waals surface area contributed by atoms with E-state index in [1.54, 1.807) is 18.2 Å². The van der Waals surface area contributed by atoms with E-state index in [1.165, 1.54) is 25.8 Å². The van der Waals surface area contributed by atoms with E-state index in [0.29, 0.717) is 11.6 Å². The van der Waals surface area contributed by atoms with Crippen LogP contribution in [0.2, 0.25) is 0 Å².